The van der Waals surface area contributed by atoms with Crippen LogP contribution in [0.2, 0.25) is 0 Å². The fourth-order valence-corrected chi connectivity index (χ4v) is 3.52. The number of carbonyl (C=O) groups excluding carboxylic acids is 1. The minimum atomic E-state index is -3.74. The van der Waals surface area contributed by atoms with Crippen molar-refractivity contribution in [3.8, 4) is 11.5 Å². The van der Waals surface area contributed by atoms with Gasteiger partial charge < -0.3 is 21.4 Å². The number of hydrogen-bond acceptors (Lipinski definition) is 5. The quantitative estimate of drug-likeness (QED) is 0.283. The molecule has 0 radical (unpaired) electrons. The van der Waals surface area contributed by atoms with Gasteiger partial charge >= 0.3 is 0 Å². The highest BCUT2D eigenvalue weighted by Crippen LogP contribution is 2.31. The predicted octanol–water partition coefficient (Wildman–Crippen LogP) is 1.39. The summed E-state index contributed by atoms with van der Waals surface area (Å²) in [6.45, 7) is 1.69. The molecule has 2 aromatic carbocycles. The largest absolute Gasteiger partial charge is 0.618 e. The third kappa shape index (κ3) is 4.27. The number of aryl methyl sites for hydroxylation is 1. The van der Waals surface area contributed by atoms with Crippen molar-refractivity contribution >= 4 is 32.6 Å². The summed E-state index contributed by atoms with van der Waals surface area (Å²) < 4.78 is 31.0. The topological polar surface area (TPSA) is 152 Å². The Labute approximate surface area is 166 Å². The summed E-state index contributed by atoms with van der Waals surface area (Å²) >= 11 is 0. The molecule has 0 saturated heterocycles. The zero-order valence-electron chi connectivity index (χ0n) is 15.6. The second-order valence-corrected chi connectivity index (χ2v) is 8.35. The molecule has 3 aromatic rings. The summed E-state index contributed by atoms with van der Waals surface area (Å²) in [5.74, 6) is -0.856. The van der Waals surface area contributed by atoms with E-state index in [1.165, 1.54) is 12.1 Å². The molecule has 1 aromatic heterocycles. The molecule has 1 amide bonds. The number of rotatable bonds is 4. The van der Waals surface area contributed by atoms with E-state index in [2.05, 4.69) is 4.99 Å². The number of hydrogen-bond donors (Lipinski definition) is 2. The molecule has 9 nitrogen and oxygen atoms in total. The summed E-state index contributed by atoms with van der Waals surface area (Å²) in [4.78, 5) is 15.2. The highest BCUT2D eigenvalue weighted by Gasteiger charge is 2.19. The van der Waals surface area contributed by atoms with Gasteiger partial charge in [0.15, 0.2) is 21.5 Å². The van der Waals surface area contributed by atoms with E-state index >= 15 is 0 Å². The highest BCUT2D eigenvalue weighted by molar-refractivity contribution is 7.90. The SMILES string of the molecule is Cc1ccc2cc(Oc3ccc(C(=O)N=C(N)N)cc3S(C)(=O)=O)ccc2[n+]1[O-]. The first-order chi connectivity index (χ1) is 13.6. The van der Waals surface area contributed by atoms with Crippen molar-refractivity contribution < 1.29 is 22.7 Å². The number of aliphatic imine (C=N–C) groups is 1. The van der Waals surface area contributed by atoms with Gasteiger partial charge in [-0.1, -0.05) is 0 Å². The summed E-state index contributed by atoms with van der Waals surface area (Å²) in [5, 5.41) is 12.7. The van der Waals surface area contributed by atoms with Gasteiger partial charge in [0, 0.05) is 30.9 Å². The lowest BCUT2D eigenvalue weighted by Gasteiger charge is -2.12. The predicted molar refractivity (Wildman–Crippen MR) is 107 cm³/mol. The standard InChI is InChI=1S/C19H18N4O5S/c1-11-3-4-12-9-14(6-7-15(12)23(11)25)28-16-8-5-13(18(24)22-19(20)21)10-17(16)29(2,26)27/h3-10H,1-2H3,(H4,20,21,22,24). The van der Waals surface area contributed by atoms with Crippen LogP contribution in [0.5, 0.6) is 11.5 Å². The number of ether oxygens (including phenoxy) is 1. The number of nitrogens with zero attached hydrogens (tertiary/aromatic N) is 2. The van der Waals surface area contributed by atoms with Crippen LogP contribution in [0.4, 0.5) is 0 Å². The van der Waals surface area contributed by atoms with Gasteiger partial charge in [-0.05, 0) is 36.4 Å². The molecule has 0 unspecified atom stereocenters. The molecule has 0 aliphatic carbocycles. The number of benzene rings is 2. The van der Waals surface area contributed by atoms with Crippen LogP contribution in [0.25, 0.3) is 10.9 Å². The maximum Gasteiger partial charge on any atom is 0.280 e. The van der Waals surface area contributed by atoms with Crippen LogP contribution in [0.15, 0.2) is 58.4 Å². The molecule has 0 aliphatic heterocycles. The van der Waals surface area contributed by atoms with E-state index in [4.69, 9.17) is 16.2 Å². The molecule has 3 rings (SSSR count). The van der Waals surface area contributed by atoms with E-state index in [1.54, 1.807) is 37.3 Å². The molecule has 0 spiro atoms. The fourth-order valence-electron chi connectivity index (χ4n) is 2.71. The normalized spacial score (nSPS) is 11.2. The summed E-state index contributed by atoms with van der Waals surface area (Å²) in [6.07, 6.45) is 0.994. The molecular formula is C19H18N4O5S. The molecule has 0 bridgehead atoms. The molecule has 4 N–H and O–H groups in total. The Morgan fingerprint density at radius 1 is 1.10 bits per heavy atom. The molecule has 150 valence electrons. The first-order valence-corrected chi connectivity index (χ1v) is 10.2. The molecule has 0 fully saturated rings. The van der Waals surface area contributed by atoms with Crippen LogP contribution in [0, 0.1) is 12.1 Å². The van der Waals surface area contributed by atoms with Crippen molar-refractivity contribution in [2.24, 2.45) is 16.5 Å². The zero-order valence-corrected chi connectivity index (χ0v) is 16.4. The first-order valence-electron chi connectivity index (χ1n) is 8.35. The third-order valence-corrected chi connectivity index (χ3v) is 5.21. The van der Waals surface area contributed by atoms with Crippen molar-refractivity contribution in [1.29, 1.82) is 0 Å². The zero-order chi connectivity index (χ0) is 21.3. The molecular weight excluding hydrogens is 396 g/mol. The molecule has 10 heteroatoms. The minimum absolute atomic E-state index is 0.00689. The average molecular weight is 414 g/mol. The van der Waals surface area contributed by atoms with Gasteiger partial charge in [0.25, 0.3) is 5.91 Å². The lowest BCUT2D eigenvalue weighted by molar-refractivity contribution is -0.584. The molecule has 29 heavy (non-hydrogen) atoms. The Hall–Kier alpha value is -3.66. The van der Waals surface area contributed by atoms with Crippen LogP contribution in [0.1, 0.15) is 16.1 Å². The number of aromatic nitrogens is 1. The van der Waals surface area contributed by atoms with Gasteiger partial charge in [0.1, 0.15) is 16.4 Å². The second kappa shape index (κ2) is 7.40. The summed E-state index contributed by atoms with van der Waals surface area (Å²) in [5.41, 5.74) is 11.4. The van der Waals surface area contributed by atoms with E-state index in [0.29, 0.717) is 22.3 Å². The van der Waals surface area contributed by atoms with Gasteiger partial charge in [0.05, 0.1) is 5.39 Å². The number of pyridine rings is 1. The number of nitrogens with two attached hydrogens (primary N) is 2. The van der Waals surface area contributed by atoms with Crippen LogP contribution in [0.3, 0.4) is 0 Å². The first kappa shape index (κ1) is 20.1. The average Bonchev–Trinajstić information content (AvgIpc) is 2.63. The number of guanidine groups is 1. The fraction of sp³-hybridized carbons (Fsp3) is 0.105. The number of amides is 1. The molecule has 0 atom stereocenters. The summed E-state index contributed by atoms with van der Waals surface area (Å²) in [7, 11) is -3.74. The lowest BCUT2D eigenvalue weighted by Crippen LogP contribution is -2.30. The van der Waals surface area contributed by atoms with Gasteiger partial charge in [-0.25, -0.2) is 8.42 Å². The van der Waals surface area contributed by atoms with Crippen molar-refractivity contribution in [2.45, 2.75) is 11.8 Å². The van der Waals surface area contributed by atoms with E-state index < -0.39 is 21.7 Å². The number of sulfone groups is 1. The smallest absolute Gasteiger partial charge is 0.280 e. The number of fused-ring (bicyclic) bond motifs is 1. The van der Waals surface area contributed by atoms with Gasteiger partial charge in [-0.15, -0.1) is 0 Å². The van der Waals surface area contributed by atoms with E-state index in [-0.39, 0.29) is 16.2 Å². The monoisotopic (exact) mass is 414 g/mol. The molecule has 0 saturated carbocycles. The van der Waals surface area contributed by atoms with Gasteiger partial charge in [0.2, 0.25) is 5.52 Å². The van der Waals surface area contributed by atoms with E-state index in [9.17, 15) is 18.4 Å². The Bertz CT molecular complexity index is 1270. The molecule has 1 heterocycles. The van der Waals surface area contributed by atoms with E-state index in [1.807, 2.05) is 0 Å². The Morgan fingerprint density at radius 2 is 1.83 bits per heavy atom. The van der Waals surface area contributed by atoms with Crippen LogP contribution < -0.4 is 20.9 Å². The van der Waals surface area contributed by atoms with Crippen LogP contribution >= 0.6 is 0 Å². The number of carbonyl (C=O) groups is 1. The Balaban J connectivity index is 2.04. The molecule has 0 aliphatic rings. The minimum Gasteiger partial charge on any atom is -0.618 e. The van der Waals surface area contributed by atoms with Gasteiger partial charge in [-0.2, -0.15) is 9.72 Å². The van der Waals surface area contributed by atoms with E-state index in [0.717, 1.165) is 17.1 Å². The third-order valence-electron chi connectivity index (χ3n) is 4.09. The van der Waals surface area contributed by atoms with Crippen LogP contribution in [-0.4, -0.2) is 26.5 Å². The lowest BCUT2D eigenvalue weighted by atomic mass is 10.2. The highest BCUT2D eigenvalue weighted by atomic mass is 32.2. The van der Waals surface area contributed by atoms with Crippen molar-refractivity contribution in [1.82, 2.24) is 0 Å². The van der Waals surface area contributed by atoms with Crippen LogP contribution in [-0.2, 0) is 9.84 Å². The Morgan fingerprint density at radius 3 is 2.48 bits per heavy atom. The van der Waals surface area contributed by atoms with Crippen molar-refractivity contribution in [3.05, 3.63) is 65.0 Å². The summed E-state index contributed by atoms with van der Waals surface area (Å²) in [6, 6.07) is 12.0. The second-order valence-electron chi connectivity index (χ2n) is 6.37. The van der Waals surface area contributed by atoms with Gasteiger partial charge in [-0.3, -0.25) is 4.79 Å². The maximum absolute atomic E-state index is 12.2. The maximum atomic E-state index is 12.2. The van der Waals surface area contributed by atoms with Crippen molar-refractivity contribution in [3.63, 3.8) is 0 Å². The Kier molecular flexibility index (Phi) is 5.12. The van der Waals surface area contributed by atoms with Crippen molar-refractivity contribution in [2.75, 3.05) is 6.26 Å².